The van der Waals surface area contributed by atoms with Gasteiger partial charge in [-0.3, -0.25) is 0 Å². The van der Waals surface area contributed by atoms with E-state index in [-0.39, 0.29) is 16.9 Å². The van der Waals surface area contributed by atoms with Gasteiger partial charge in [0.1, 0.15) is 0 Å². The molecule has 2 aliphatic carbocycles. The maximum Gasteiger partial charge on any atom is 0.0828 e. The predicted octanol–water partition coefficient (Wildman–Crippen LogP) is 5.45. The van der Waals surface area contributed by atoms with Crippen molar-refractivity contribution in [2.24, 2.45) is 16.7 Å². The summed E-state index contributed by atoms with van der Waals surface area (Å²) >= 11 is 0. The van der Waals surface area contributed by atoms with Gasteiger partial charge in [-0.25, -0.2) is 0 Å². The molecule has 1 atom stereocenters. The predicted molar refractivity (Wildman–Crippen MR) is 88.3 cm³/mol. The van der Waals surface area contributed by atoms with Crippen molar-refractivity contribution in [3.63, 3.8) is 0 Å². The van der Waals surface area contributed by atoms with E-state index in [1.807, 2.05) is 0 Å². The van der Waals surface area contributed by atoms with Gasteiger partial charge >= 0.3 is 0 Å². The van der Waals surface area contributed by atoms with Crippen LogP contribution in [0.25, 0.3) is 0 Å². The standard InChI is InChI=1S/C20H30O/c1-19(2)18(20(19,3)4)17(21)16-12-10-15(11-13-16)14-8-6-5-7-9-14/h10-14,17-18,21H,5-9H2,1-4H3. The zero-order chi connectivity index (χ0) is 15.3. The van der Waals surface area contributed by atoms with Crippen LogP contribution in [0.5, 0.6) is 0 Å². The second-order valence-corrected chi connectivity index (χ2v) is 8.37. The van der Waals surface area contributed by atoms with Crippen LogP contribution >= 0.6 is 0 Å². The Balaban J connectivity index is 1.73. The molecule has 1 aromatic rings. The lowest BCUT2D eigenvalue weighted by Gasteiger charge is -2.22. The SMILES string of the molecule is CC1(C)C(C(O)c2ccc(C3CCCCC3)cc2)C1(C)C. The molecule has 1 nitrogen and oxygen atoms in total. The Morgan fingerprint density at radius 3 is 1.90 bits per heavy atom. The van der Waals surface area contributed by atoms with Gasteiger partial charge in [-0.15, -0.1) is 0 Å². The summed E-state index contributed by atoms with van der Waals surface area (Å²) < 4.78 is 0. The summed E-state index contributed by atoms with van der Waals surface area (Å²) in [4.78, 5) is 0. The molecule has 2 saturated carbocycles. The van der Waals surface area contributed by atoms with Gasteiger partial charge in [0.2, 0.25) is 0 Å². The minimum atomic E-state index is -0.324. The summed E-state index contributed by atoms with van der Waals surface area (Å²) in [6, 6.07) is 8.85. The molecule has 0 saturated heterocycles. The third-order valence-corrected chi connectivity index (χ3v) is 6.80. The van der Waals surface area contributed by atoms with Crippen LogP contribution in [0.1, 0.15) is 82.9 Å². The van der Waals surface area contributed by atoms with Crippen LogP contribution in [0, 0.1) is 16.7 Å². The van der Waals surface area contributed by atoms with Crippen molar-refractivity contribution in [1.82, 2.24) is 0 Å². The van der Waals surface area contributed by atoms with Gasteiger partial charge in [0, 0.05) is 5.92 Å². The average molecular weight is 286 g/mol. The molecule has 116 valence electrons. The van der Waals surface area contributed by atoms with Gasteiger partial charge in [0.25, 0.3) is 0 Å². The summed E-state index contributed by atoms with van der Waals surface area (Å²) in [5.74, 6) is 1.12. The molecule has 0 spiro atoms. The smallest absolute Gasteiger partial charge is 0.0828 e. The topological polar surface area (TPSA) is 20.2 Å². The first-order valence-electron chi connectivity index (χ1n) is 8.63. The number of hydrogen-bond donors (Lipinski definition) is 1. The molecule has 3 rings (SSSR count). The molecule has 0 bridgehead atoms. The van der Waals surface area contributed by atoms with Gasteiger partial charge in [0.15, 0.2) is 0 Å². The molecular formula is C20H30O. The molecule has 1 heteroatoms. The fourth-order valence-corrected chi connectivity index (χ4v) is 4.63. The molecule has 2 fully saturated rings. The Labute approximate surface area is 129 Å². The van der Waals surface area contributed by atoms with E-state index in [9.17, 15) is 5.11 Å². The molecule has 2 aliphatic rings. The van der Waals surface area contributed by atoms with Gasteiger partial charge in [-0.1, -0.05) is 71.2 Å². The van der Waals surface area contributed by atoms with Gasteiger partial charge in [0.05, 0.1) is 6.10 Å². The van der Waals surface area contributed by atoms with E-state index < -0.39 is 0 Å². The molecule has 0 aliphatic heterocycles. The largest absolute Gasteiger partial charge is 0.388 e. The summed E-state index contributed by atoms with van der Waals surface area (Å²) in [5, 5.41) is 10.7. The average Bonchev–Trinajstić information content (AvgIpc) is 2.89. The first kappa shape index (κ1) is 15.1. The molecule has 1 aromatic carbocycles. The minimum absolute atomic E-state index is 0.231. The Kier molecular flexibility index (Phi) is 3.68. The van der Waals surface area contributed by atoms with Crippen molar-refractivity contribution < 1.29 is 5.11 Å². The summed E-state index contributed by atoms with van der Waals surface area (Å²) in [5.41, 5.74) is 3.03. The second kappa shape index (κ2) is 5.12. The number of hydrogen-bond acceptors (Lipinski definition) is 1. The lowest BCUT2D eigenvalue weighted by molar-refractivity contribution is 0.130. The highest BCUT2D eigenvalue weighted by Gasteiger charge is 2.67. The number of aliphatic hydroxyl groups excluding tert-OH is 1. The highest BCUT2D eigenvalue weighted by atomic mass is 16.3. The van der Waals surface area contributed by atoms with E-state index in [1.165, 1.54) is 37.7 Å². The normalized spacial score (nSPS) is 26.5. The Hall–Kier alpha value is -0.820. The summed E-state index contributed by atoms with van der Waals surface area (Å²) in [6.45, 7) is 9.10. The van der Waals surface area contributed by atoms with E-state index in [1.54, 1.807) is 0 Å². The first-order valence-corrected chi connectivity index (χ1v) is 8.63. The monoisotopic (exact) mass is 286 g/mol. The van der Waals surface area contributed by atoms with Crippen molar-refractivity contribution in [3.05, 3.63) is 35.4 Å². The van der Waals surface area contributed by atoms with Crippen LogP contribution in [0.15, 0.2) is 24.3 Å². The Morgan fingerprint density at radius 1 is 0.905 bits per heavy atom. The highest BCUT2D eigenvalue weighted by Crippen LogP contribution is 2.72. The molecule has 21 heavy (non-hydrogen) atoms. The second-order valence-electron chi connectivity index (χ2n) is 8.37. The van der Waals surface area contributed by atoms with Crippen LogP contribution < -0.4 is 0 Å². The van der Waals surface area contributed by atoms with Crippen molar-refractivity contribution in [3.8, 4) is 0 Å². The Bertz CT molecular complexity index is 477. The van der Waals surface area contributed by atoms with Crippen LogP contribution in [-0.2, 0) is 0 Å². The van der Waals surface area contributed by atoms with Gasteiger partial charge < -0.3 is 5.11 Å². The quantitative estimate of drug-likeness (QED) is 0.783. The molecule has 0 heterocycles. The number of benzene rings is 1. The molecule has 0 radical (unpaired) electrons. The van der Waals surface area contributed by atoms with E-state index in [4.69, 9.17) is 0 Å². The highest BCUT2D eigenvalue weighted by molar-refractivity contribution is 5.30. The lowest BCUT2D eigenvalue weighted by Crippen LogP contribution is -2.07. The molecule has 0 aromatic heterocycles. The fourth-order valence-electron chi connectivity index (χ4n) is 4.63. The van der Waals surface area contributed by atoms with Gasteiger partial charge in [-0.05, 0) is 40.7 Å². The minimum Gasteiger partial charge on any atom is -0.388 e. The lowest BCUT2D eigenvalue weighted by atomic mass is 9.83. The van der Waals surface area contributed by atoms with Crippen molar-refractivity contribution in [2.75, 3.05) is 0 Å². The van der Waals surface area contributed by atoms with Crippen LogP contribution in [-0.4, -0.2) is 5.11 Å². The molecule has 0 amide bonds. The third-order valence-electron chi connectivity index (χ3n) is 6.80. The third kappa shape index (κ3) is 2.44. The molecular weight excluding hydrogens is 256 g/mol. The Morgan fingerprint density at radius 2 is 1.43 bits per heavy atom. The maximum atomic E-state index is 10.7. The van der Waals surface area contributed by atoms with E-state index in [0.717, 1.165) is 11.5 Å². The van der Waals surface area contributed by atoms with E-state index in [2.05, 4.69) is 52.0 Å². The zero-order valence-electron chi connectivity index (χ0n) is 14.0. The van der Waals surface area contributed by atoms with Crippen LogP contribution in [0.2, 0.25) is 0 Å². The summed E-state index contributed by atoms with van der Waals surface area (Å²) in [6.07, 6.45) is 6.50. The number of rotatable bonds is 3. The van der Waals surface area contributed by atoms with E-state index >= 15 is 0 Å². The van der Waals surface area contributed by atoms with Crippen LogP contribution in [0.3, 0.4) is 0 Å². The van der Waals surface area contributed by atoms with Crippen LogP contribution in [0.4, 0.5) is 0 Å². The first-order chi connectivity index (χ1) is 9.85. The molecule has 1 unspecified atom stereocenters. The summed E-state index contributed by atoms with van der Waals surface area (Å²) in [7, 11) is 0. The van der Waals surface area contributed by atoms with Crippen molar-refractivity contribution in [1.29, 1.82) is 0 Å². The molecule has 1 N–H and O–H groups in total. The fraction of sp³-hybridized carbons (Fsp3) is 0.700. The van der Waals surface area contributed by atoms with Crippen molar-refractivity contribution in [2.45, 2.75) is 71.8 Å². The zero-order valence-corrected chi connectivity index (χ0v) is 14.0. The maximum absolute atomic E-state index is 10.7. The number of aliphatic hydroxyl groups is 1. The van der Waals surface area contributed by atoms with Crippen molar-refractivity contribution >= 4 is 0 Å². The van der Waals surface area contributed by atoms with E-state index in [0.29, 0.717) is 5.92 Å². The van der Waals surface area contributed by atoms with Gasteiger partial charge in [-0.2, -0.15) is 0 Å².